The molecule has 7 nitrogen and oxygen atoms in total. The average Bonchev–Trinajstić information content (AvgIpc) is 3.35. The molecule has 1 aromatic carbocycles. The Labute approximate surface area is 175 Å². The standard InChI is InChI=1S/C23H25N5O2/c1-23(2,3)18-15-20(28(26-18)19-10-4-5-12-24-19)25-22(30)16-8-6-9-17(14-16)27-13-7-11-21(27)29/h4-6,8-10,12,14-15H,7,11,13H2,1-3H3,(H,25,30). The van der Waals surface area contributed by atoms with Crippen LogP contribution in [0.2, 0.25) is 0 Å². The molecule has 1 aliphatic heterocycles. The number of amides is 2. The highest BCUT2D eigenvalue weighted by atomic mass is 16.2. The van der Waals surface area contributed by atoms with Crippen LogP contribution in [0.4, 0.5) is 11.5 Å². The Balaban J connectivity index is 1.65. The van der Waals surface area contributed by atoms with Gasteiger partial charge in [-0.15, -0.1) is 0 Å². The van der Waals surface area contributed by atoms with Gasteiger partial charge >= 0.3 is 0 Å². The van der Waals surface area contributed by atoms with Crippen LogP contribution in [-0.2, 0) is 10.2 Å². The second kappa shape index (κ2) is 7.74. The monoisotopic (exact) mass is 403 g/mol. The summed E-state index contributed by atoms with van der Waals surface area (Å²) in [5.74, 6) is 1.00. The quantitative estimate of drug-likeness (QED) is 0.715. The Morgan fingerprint density at radius 1 is 1.10 bits per heavy atom. The Morgan fingerprint density at radius 3 is 2.60 bits per heavy atom. The van der Waals surface area contributed by atoms with Gasteiger partial charge in [-0.1, -0.05) is 32.9 Å². The molecule has 3 heterocycles. The summed E-state index contributed by atoms with van der Waals surface area (Å²) in [5, 5.41) is 7.64. The normalized spacial score (nSPS) is 14.2. The number of carbonyl (C=O) groups excluding carboxylic acids is 2. The Bertz CT molecular complexity index is 1080. The summed E-state index contributed by atoms with van der Waals surface area (Å²) in [6, 6.07) is 14.6. The van der Waals surface area contributed by atoms with Gasteiger partial charge in [0.1, 0.15) is 5.82 Å². The number of hydrogen-bond donors (Lipinski definition) is 1. The van der Waals surface area contributed by atoms with E-state index in [2.05, 4.69) is 36.2 Å². The van der Waals surface area contributed by atoms with E-state index in [-0.39, 0.29) is 17.2 Å². The van der Waals surface area contributed by atoms with E-state index in [0.717, 1.165) is 17.8 Å². The first-order valence-electron chi connectivity index (χ1n) is 10.1. The molecule has 0 radical (unpaired) electrons. The van der Waals surface area contributed by atoms with E-state index in [0.29, 0.717) is 30.2 Å². The highest BCUT2D eigenvalue weighted by Crippen LogP contribution is 2.27. The van der Waals surface area contributed by atoms with Crippen molar-refractivity contribution >= 4 is 23.3 Å². The summed E-state index contributed by atoms with van der Waals surface area (Å²) < 4.78 is 1.65. The maximum absolute atomic E-state index is 13.0. The molecule has 1 aliphatic rings. The highest BCUT2D eigenvalue weighted by molar-refractivity contribution is 6.05. The Morgan fingerprint density at radius 2 is 1.93 bits per heavy atom. The fraction of sp³-hybridized carbons (Fsp3) is 0.304. The molecule has 4 rings (SSSR count). The molecule has 30 heavy (non-hydrogen) atoms. The van der Waals surface area contributed by atoms with Crippen molar-refractivity contribution in [3.63, 3.8) is 0 Å². The van der Waals surface area contributed by atoms with E-state index < -0.39 is 0 Å². The van der Waals surface area contributed by atoms with Crippen LogP contribution in [0.5, 0.6) is 0 Å². The lowest BCUT2D eigenvalue weighted by molar-refractivity contribution is -0.117. The third-order valence-electron chi connectivity index (χ3n) is 5.08. The fourth-order valence-corrected chi connectivity index (χ4v) is 3.42. The number of benzene rings is 1. The number of rotatable bonds is 4. The number of anilines is 2. The molecule has 0 saturated carbocycles. The first-order valence-corrected chi connectivity index (χ1v) is 10.1. The predicted molar refractivity (Wildman–Crippen MR) is 116 cm³/mol. The fourth-order valence-electron chi connectivity index (χ4n) is 3.42. The third-order valence-corrected chi connectivity index (χ3v) is 5.08. The molecule has 2 amide bonds. The molecule has 1 N–H and O–H groups in total. The Kier molecular flexibility index (Phi) is 5.11. The first-order chi connectivity index (χ1) is 14.3. The molecule has 1 saturated heterocycles. The van der Waals surface area contributed by atoms with E-state index >= 15 is 0 Å². The van der Waals surface area contributed by atoms with Crippen molar-refractivity contribution in [2.45, 2.75) is 39.0 Å². The van der Waals surface area contributed by atoms with Crippen molar-refractivity contribution in [2.24, 2.45) is 0 Å². The summed E-state index contributed by atoms with van der Waals surface area (Å²) >= 11 is 0. The van der Waals surface area contributed by atoms with Crippen molar-refractivity contribution < 1.29 is 9.59 Å². The van der Waals surface area contributed by atoms with Gasteiger partial charge in [-0.05, 0) is 36.8 Å². The summed E-state index contributed by atoms with van der Waals surface area (Å²) in [5.41, 5.74) is 1.90. The molecule has 7 heteroatoms. The van der Waals surface area contributed by atoms with Gasteiger partial charge in [-0.3, -0.25) is 9.59 Å². The van der Waals surface area contributed by atoms with Crippen molar-refractivity contribution in [1.29, 1.82) is 0 Å². The molecule has 1 fully saturated rings. The van der Waals surface area contributed by atoms with Crippen LogP contribution in [0.15, 0.2) is 54.7 Å². The maximum Gasteiger partial charge on any atom is 0.256 e. The second-order valence-electron chi connectivity index (χ2n) is 8.42. The predicted octanol–water partition coefficient (Wildman–Crippen LogP) is 3.94. The summed E-state index contributed by atoms with van der Waals surface area (Å²) in [6.45, 7) is 6.89. The van der Waals surface area contributed by atoms with Crippen LogP contribution in [0.1, 0.15) is 49.7 Å². The third kappa shape index (κ3) is 3.96. The molecule has 3 aromatic rings. The second-order valence-corrected chi connectivity index (χ2v) is 8.42. The van der Waals surface area contributed by atoms with E-state index in [1.165, 1.54) is 0 Å². The molecular weight excluding hydrogens is 378 g/mol. The number of hydrogen-bond acceptors (Lipinski definition) is 4. The lowest BCUT2D eigenvalue weighted by Crippen LogP contribution is -2.24. The van der Waals surface area contributed by atoms with Gasteiger partial charge in [0.2, 0.25) is 5.91 Å². The smallest absolute Gasteiger partial charge is 0.256 e. The van der Waals surface area contributed by atoms with Gasteiger partial charge in [0.25, 0.3) is 5.91 Å². The lowest BCUT2D eigenvalue weighted by Gasteiger charge is -2.16. The maximum atomic E-state index is 13.0. The van der Waals surface area contributed by atoms with Gasteiger partial charge < -0.3 is 10.2 Å². The van der Waals surface area contributed by atoms with Crippen molar-refractivity contribution in [3.05, 3.63) is 66.0 Å². The minimum atomic E-state index is -0.263. The largest absolute Gasteiger partial charge is 0.312 e. The number of nitrogens with zero attached hydrogens (tertiary/aromatic N) is 4. The molecule has 0 spiro atoms. The number of aromatic nitrogens is 3. The van der Waals surface area contributed by atoms with Gasteiger partial charge in [0, 0.05) is 41.9 Å². The zero-order chi connectivity index (χ0) is 21.3. The van der Waals surface area contributed by atoms with Gasteiger partial charge in [0.05, 0.1) is 5.69 Å². The average molecular weight is 403 g/mol. The summed E-state index contributed by atoms with van der Waals surface area (Å²) in [4.78, 5) is 31.2. The molecule has 0 atom stereocenters. The van der Waals surface area contributed by atoms with Crippen LogP contribution in [0.3, 0.4) is 0 Å². The molecule has 0 aliphatic carbocycles. The highest BCUT2D eigenvalue weighted by Gasteiger charge is 2.24. The summed E-state index contributed by atoms with van der Waals surface area (Å²) in [7, 11) is 0. The van der Waals surface area contributed by atoms with Crippen molar-refractivity contribution in [3.8, 4) is 5.82 Å². The minimum Gasteiger partial charge on any atom is -0.312 e. The van der Waals surface area contributed by atoms with E-state index in [1.807, 2.05) is 30.3 Å². The van der Waals surface area contributed by atoms with E-state index in [9.17, 15) is 9.59 Å². The number of nitrogens with one attached hydrogen (secondary N) is 1. The topological polar surface area (TPSA) is 80.1 Å². The van der Waals surface area contributed by atoms with E-state index in [4.69, 9.17) is 0 Å². The number of carbonyl (C=O) groups is 2. The van der Waals surface area contributed by atoms with Gasteiger partial charge in [0.15, 0.2) is 5.82 Å². The minimum absolute atomic E-state index is 0.0932. The van der Waals surface area contributed by atoms with Crippen LogP contribution < -0.4 is 10.2 Å². The molecule has 0 bridgehead atoms. The van der Waals surface area contributed by atoms with Crippen molar-refractivity contribution in [2.75, 3.05) is 16.8 Å². The zero-order valence-corrected chi connectivity index (χ0v) is 17.4. The van der Waals surface area contributed by atoms with Crippen LogP contribution in [0, 0.1) is 0 Å². The van der Waals surface area contributed by atoms with Crippen LogP contribution in [-0.4, -0.2) is 33.1 Å². The van der Waals surface area contributed by atoms with Crippen LogP contribution in [0.25, 0.3) is 5.82 Å². The molecular formula is C23H25N5O2. The summed E-state index contributed by atoms with van der Waals surface area (Å²) in [6.07, 6.45) is 3.08. The Hall–Kier alpha value is -3.48. The van der Waals surface area contributed by atoms with Crippen LogP contribution >= 0.6 is 0 Å². The van der Waals surface area contributed by atoms with E-state index in [1.54, 1.807) is 34.0 Å². The van der Waals surface area contributed by atoms with Gasteiger partial charge in [-0.25, -0.2) is 4.98 Å². The SMILES string of the molecule is CC(C)(C)c1cc(NC(=O)c2cccc(N3CCCC3=O)c2)n(-c2ccccn2)n1. The molecule has 0 unspecified atom stereocenters. The van der Waals surface area contributed by atoms with Gasteiger partial charge in [-0.2, -0.15) is 9.78 Å². The molecule has 154 valence electrons. The lowest BCUT2D eigenvalue weighted by atomic mass is 9.92. The van der Waals surface area contributed by atoms with Crippen molar-refractivity contribution in [1.82, 2.24) is 14.8 Å². The molecule has 2 aromatic heterocycles. The zero-order valence-electron chi connectivity index (χ0n) is 17.4. The number of pyridine rings is 1. The first kappa shape index (κ1) is 19.8.